The lowest BCUT2D eigenvalue weighted by atomic mass is 10.1. The number of unbranched alkanes of at least 4 members (excludes halogenated alkanes) is 3. The Morgan fingerprint density at radius 3 is 1.75 bits per heavy atom. The zero-order valence-electron chi connectivity index (χ0n) is 34.9. The van der Waals surface area contributed by atoms with E-state index in [2.05, 4.69) is 54.5 Å². The Kier molecular flexibility index (Phi) is 29.0. The molecule has 0 aromatic heterocycles. The number of rotatable bonds is 34. The first kappa shape index (κ1) is 53.6. The number of aliphatic hydroxyl groups is 1. The Balaban J connectivity index is 2.42. The van der Waals surface area contributed by atoms with Gasteiger partial charge in [0.05, 0.1) is 6.61 Å². The van der Waals surface area contributed by atoms with Gasteiger partial charge in [-0.1, -0.05) is 18.6 Å². The predicted molar refractivity (Wildman–Crippen MR) is 230 cm³/mol. The third-order valence-corrected chi connectivity index (χ3v) is 10.1. The fourth-order valence-corrected chi connectivity index (χ4v) is 6.35. The van der Waals surface area contributed by atoms with Crippen LogP contribution in [0, 0.1) is 3.57 Å². The molecule has 0 bridgehead atoms. The fourth-order valence-electron chi connectivity index (χ4n) is 5.99. The fraction of sp³-hybridized carbons (Fsp3) is 0.659. The highest BCUT2D eigenvalue weighted by Crippen LogP contribution is 2.10. The van der Waals surface area contributed by atoms with Crippen LogP contribution in [-0.4, -0.2) is 120 Å². The quantitative estimate of drug-likeness (QED) is 0.0355. The lowest BCUT2D eigenvalue weighted by molar-refractivity contribution is -0.143. The van der Waals surface area contributed by atoms with Crippen molar-refractivity contribution >= 4 is 70.0 Å². The molecule has 0 saturated heterocycles. The number of hydrogen-bond donors (Lipinski definition) is 9. The smallest absolute Gasteiger partial charge is 0.326 e. The summed E-state index contributed by atoms with van der Waals surface area (Å²) in [6, 6.07) is 4.27. The van der Waals surface area contributed by atoms with Gasteiger partial charge in [-0.2, -0.15) is 0 Å². The van der Waals surface area contributed by atoms with Crippen molar-refractivity contribution in [1.29, 1.82) is 0 Å². The third-order valence-electron chi connectivity index (χ3n) is 9.38. The number of aliphatic carboxylic acids is 2. The zero-order valence-corrected chi connectivity index (χ0v) is 37.0. The summed E-state index contributed by atoms with van der Waals surface area (Å²) in [5.41, 5.74) is 1.15. The third kappa shape index (κ3) is 26.7. The number of carbonyl (C=O) groups excluding carboxylic acids is 6. The maximum Gasteiger partial charge on any atom is 0.326 e. The molecule has 0 unspecified atom stereocenters. The van der Waals surface area contributed by atoms with E-state index in [0.717, 1.165) is 22.0 Å². The molecule has 1 aromatic rings. The highest BCUT2D eigenvalue weighted by Gasteiger charge is 2.27. The van der Waals surface area contributed by atoms with Crippen molar-refractivity contribution in [3.05, 3.63) is 33.4 Å². The summed E-state index contributed by atoms with van der Waals surface area (Å²) >= 11 is 2.23. The van der Waals surface area contributed by atoms with Crippen LogP contribution in [0.4, 0.5) is 0 Å². The van der Waals surface area contributed by atoms with Crippen LogP contribution < -0.4 is 31.9 Å². The second-order valence-corrected chi connectivity index (χ2v) is 15.9. The van der Waals surface area contributed by atoms with E-state index in [1.54, 1.807) is 7.11 Å². The van der Waals surface area contributed by atoms with Gasteiger partial charge in [-0.25, -0.2) is 9.59 Å². The molecule has 0 fully saturated rings. The highest BCUT2D eigenvalue weighted by molar-refractivity contribution is 14.1. The Morgan fingerprint density at radius 2 is 1.12 bits per heavy atom. The number of benzene rings is 1. The molecule has 9 N–H and O–H groups in total. The molecule has 6 amide bonds. The molecule has 0 saturated carbocycles. The van der Waals surface area contributed by atoms with Gasteiger partial charge in [-0.05, 0) is 118 Å². The Morgan fingerprint density at radius 1 is 0.583 bits per heavy atom. The highest BCUT2D eigenvalue weighted by atomic mass is 127. The number of methoxy groups -OCH3 is 1. The summed E-state index contributed by atoms with van der Waals surface area (Å²) < 4.78 is 6.13. The van der Waals surface area contributed by atoms with Crippen LogP contribution >= 0.6 is 22.6 Å². The number of carboxylic acids is 2. The molecule has 4 atom stereocenters. The maximum atomic E-state index is 13.1. The van der Waals surface area contributed by atoms with E-state index in [4.69, 9.17) is 9.84 Å². The molecular weight excluding hydrogens is 895 g/mol. The molecule has 0 aliphatic heterocycles. The first-order chi connectivity index (χ1) is 28.6. The number of aryl methyl sites for hydroxylation is 1. The number of aliphatic hydroxyl groups excluding tert-OH is 1. The first-order valence-electron chi connectivity index (χ1n) is 20.7. The van der Waals surface area contributed by atoms with Crippen LogP contribution in [0.25, 0.3) is 0 Å². The van der Waals surface area contributed by atoms with Gasteiger partial charge in [0, 0.05) is 68.5 Å². The van der Waals surface area contributed by atoms with Crippen molar-refractivity contribution in [3.8, 4) is 0 Å². The van der Waals surface area contributed by atoms with Crippen molar-refractivity contribution < 1.29 is 58.4 Å². The van der Waals surface area contributed by atoms with Crippen molar-refractivity contribution in [2.45, 2.75) is 140 Å². The minimum atomic E-state index is -1.28. The van der Waals surface area contributed by atoms with Gasteiger partial charge in [0.2, 0.25) is 35.4 Å². The molecule has 1 aromatic carbocycles. The van der Waals surface area contributed by atoms with Gasteiger partial charge in [0.1, 0.15) is 18.1 Å². The van der Waals surface area contributed by atoms with Gasteiger partial charge in [-0.15, -0.1) is 0 Å². The van der Waals surface area contributed by atoms with E-state index in [-0.39, 0.29) is 69.3 Å². The van der Waals surface area contributed by atoms with E-state index in [1.165, 1.54) is 0 Å². The van der Waals surface area contributed by atoms with E-state index < -0.39 is 60.3 Å². The molecule has 18 nitrogen and oxygen atoms in total. The molecule has 0 heterocycles. The topological polar surface area (TPSA) is 279 Å². The molecule has 1 rings (SSSR count). The average molecular weight is 961 g/mol. The number of carbonyl (C=O) groups is 8. The van der Waals surface area contributed by atoms with Gasteiger partial charge < -0.3 is 52.0 Å². The maximum absolute atomic E-state index is 13.1. The van der Waals surface area contributed by atoms with Crippen LogP contribution in [0.1, 0.15) is 115 Å². The zero-order chi connectivity index (χ0) is 44.7. The monoisotopic (exact) mass is 960 g/mol. The molecule has 0 aliphatic carbocycles. The van der Waals surface area contributed by atoms with Crippen molar-refractivity contribution in [1.82, 2.24) is 31.9 Å². The first-order valence-corrected chi connectivity index (χ1v) is 21.7. The Bertz CT molecular complexity index is 1500. The SMILES string of the molecule is COCCC[C@@H](C)NC(=O)CC[C@H](NC(=O)CCCCCNC(=O)CC[C@H](NC(=O)CCO)C(=O)N[C@H](CCCCNC(=O)CCCc1ccc(I)cc1)C(=O)O)C(=O)O. The van der Waals surface area contributed by atoms with Crippen LogP contribution in [-0.2, 0) is 49.5 Å². The standard InChI is InChI=1S/C41H65IN6O12/c1-28(10-9-27-60-2)45-37(53)22-20-33(41(58)59)47-36(52)13-4-3-6-24-44-35(51)21-19-31(46-38(54)23-26-49)39(55)48-32(40(56)57)12-5-7-25-43-34(50)14-8-11-29-15-17-30(42)18-16-29/h15-18,28,31-33,49H,3-14,19-27H2,1-2H3,(H,43,50)(H,44,51)(H,45,53)(H,46,54)(H,47,52)(H,48,55)(H,56,57)(H,58,59)/t28-,31+,32-,33+/m1/s1. The molecule has 19 heteroatoms. The van der Waals surface area contributed by atoms with Gasteiger partial charge in [0.15, 0.2) is 0 Å². The molecule has 0 radical (unpaired) electrons. The Labute approximate surface area is 366 Å². The minimum absolute atomic E-state index is 0.0495. The number of halogens is 1. The Hall–Kier alpha value is -4.37. The number of carboxylic acid groups (broad SMARTS) is 2. The summed E-state index contributed by atoms with van der Waals surface area (Å²) in [6.07, 6.45) is 5.02. The summed E-state index contributed by atoms with van der Waals surface area (Å²) in [4.78, 5) is 98.4. The van der Waals surface area contributed by atoms with Crippen LogP contribution in [0.3, 0.4) is 0 Å². The van der Waals surface area contributed by atoms with Gasteiger partial charge in [0.25, 0.3) is 0 Å². The van der Waals surface area contributed by atoms with Gasteiger partial charge >= 0.3 is 11.9 Å². The lowest BCUT2D eigenvalue weighted by Crippen LogP contribution is -2.52. The number of nitrogens with one attached hydrogen (secondary N) is 6. The second kappa shape index (κ2) is 32.4. The van der Waals surface area contributed by atoms with E-state index in [9.17, 15) is 48.6 Å². The molecule has 0 aliphatic rings. The van der Waals surface area contributed by atoms with E-state index in [0.29, 0.717) is 64.5 Å². The second-order valence-electron chi connectivity index (χ2n) is 14.6. The van der Waals surface area contributed by atoms with E-state index in [1.807, 2.05) is 31.2 Å². The summed E-state index contributed by atoms with van der Waals surface area (Å²) in [7, 11) is 1.59. The number of amides is 6. The van der Waals surface area contributed by atoms with Crippen molar-refractivity contribution in [2.24, 2.45) is 0 Å². The summed E-state index contributed by atoms with van der Waals surface area (Å²) in [5, 5.41) is 44.1. The van der Waals surface area contributed by atoms with Crippen LogP contribution in [0.15, 0.2) is 24.3 Å². The molecular formula is C41H65IN6O12. The number of ether oxygens (including phenoxy) is 1. The summed E-state index contributed by atoms with van der Waals surface area (Å²) in [5.74, 6) is -5.26. The van der Waals surface area contributed by atoms with Crippen LogP contribution in [0.5, 0.6) is 0 Å². The van der Waals surface area contributed by atoms with Gasteiger partial charge in [-0.3, -0.25) is 28.8 Å². The molecule has 338 valence electrons. The molecule has 0 spiro atoms. The van der Waals surface area contributed by atoms with Crippen molar-refractivity contribution in [2.75, 3.05) is 33.4 Å². The normalized spacial score (nSPS) is 12.9. The number of hydrogen-bond acceptors (Lipinski definition) is 10. The lowest BCUT2D eigenvalue weighted by Gasteiger charge is -2.21. The largest absolute Gasteiger partial charge is 0.480 e. The van der Waals surface area contributed by atoms with E-state index >= 15 is 0 Å². The summed E-state index contributed by atoms with van der Waals surface area (Å²) in [6.45, 7) is 2.54. The predicted octanol–water partition coefficient (Wildman–Crippen LogP) is 2.07. The molecule has 60 heavy (non-hydrogen) atoms. The van der Waals surface area contributed by atoms with Crippen LogP contribution in [0.2, 0.25) is 0 Å². The van der Waals surface area contributed by atoms with Crippen molar-refractivity contribution in [3.63, 3.8) is 0 Å². The average Bonchev–Trinajstić information content (AvgIpc) is 3.19. The minimum Gasteiger partial charge on any atom is -0.480 e.